The smallest absolute Gasteiger partial charge is 0.128 e. The maximum absolute atomic E-state index is 6.48. The van der Waals surface area contributed by atoms with Gasteiger partial charge in [-0.15, -0.1) is 58.5 Å². The minimum absolute atomic E-state index is 0. The summed E-state index contributed by atoms with van der Waals surface area (Å²) >= 11 is 1.87. The standard InChI is InChI=1S/C47H29N2OSSi.Pd/c1-3-19-37(20-4-1)52(38-21-5-2-6-22-38)45-27-10-8-25-41(45)49(42-28-29-44-46(47(42)52)39-23-7-9-26-43(39)51-44)34-16-14-18-36(32-34)50-35-17-13-15-33(31-35)40-24-11-12-30-48-40;/h1-24,26-30H;/q-3;. The molecule has 0 spiro atoms. The topological polar surface area (TPSA) is 25.4 Å². The van der Waals surface area contributed by atoms with E-state index in [9.17, 15) is 0 Å². The summed E-state index contributed by atoms with van der Waals surface area (Å²) in [5.74, 6) is 1.21. The summed E-state index contributed by atoms with van der Waals surface area (Å²) < 4.78 is 9.06. The number of ether oxygens (including phenoxy) is 1. The number of aromatic nitrogens is 1. The largest absolute Gasteiger partial charge is 0.503 e. The fraction of sp³-hybridized carbons (Fsp3) is 0. The van der Waals surface area contributed by atoms with Crippen molar-refractivity contribution in [2.45, 2.75) is 0 Å². The number of pyridine rings is 1. The molecule has 53 heavy (non-hydrogen) atoms. The monoisotopic (exact) mass is 803 g/mol. The van der Waals surface area contributed by atoms with Crippen LogP contribution in [0.5, 0.6) is 11.5 Å². The van der Waals surface area contributed by atoms with Gasteiger partial charge in [0, 0.05) is 64.0 Å². The first kappa shape index (κ1) is 33.2. The maximum atomic E-state index is 6.48. The molecule has 0 atom stereocenters. The fourth-order valence-electron chi connectivity index (χ4n) is 7.86. The van der Waals surface area contributed by atoms with E-state index in [1.807, 2.05) is 65.9 Å². The van der Waals surface area contributed by atoms with Crippen molar-refractivity contribution in [3.63, 3.8) is 0 Å². The van der Waals surface area contributed by atoms with Crippen LogP contribution in [-0.4, -0.2) is 13.1 Å². The molecule has 2 aromatic heterocycles. The Labute approximate surface area is 327 Å². The molecule has 0 aliphatic carbocycles. The van der Waals surface area contributed by atoms with Crippen molar-refractivity contribution in [3.05, 3.63) is 194 Å². The van der Waals surface area contributed by atoms with Crippen molar-refractivity contribution in [2.24, 2.45) is 0 Å². The van der Waals surface area contributed by atoms with Crippen LogP contribution in [0.25, 0.3) is 31.4 Å². The van der Waals surface area contributed by atoms with Gasteiger partial charge in [0.15, 0.2) is 0 Å². The average molecular weight is 804 g/mol. The molecule has 6 heteroatoms. The van der Waals surface area contributed by atoms with E-state index in [0.717, 1.165) is 28.3 Å². The Kier molecular flexibility index (Phi) is 8.62. The number of para-hydroxylation sites is 1. The van der Waals surface area contributed by atoms with E-state index < -0.39 is 8.07 Å². The van der Waals surface area contributed by atoms with Gasteiger partial charge in [0.1, 0.15) is 8.07 Å². The Balaban J connectivity index is 0.00000372. The second-order valence-corrected chi connectivity index (χ2v) is 17.6. The van der Waals surface area contributed by atoms with E-state index in [-0.39, 0.29) is 20.4 Å². The number of fused-ring (bicyclic) bond motifs is 6. The van der Waals surface area contributed by atoms with Crippen LogP contribution in [0.15, 0.2) is 176 Å². The third-order valence-corrected chi connectivity index (χ3v) is 15.9. The number of benzene rings is 7. The van der Waals surface area contributed by atoms with Crippen molar-refractivity contribution in [1.29, 1.82) is 0 Å². The van der Waals surface area contributed by atoms with Crippen LogP contribution in [0.2, 0.25) is 0 Å². The molecule has 9 aromatic rings. The summed E-state index contributed by atoms with van der Waals surface area (Å²) in [6.45, 7) is 0. The number of rotatable bonds is 6. The molecule has 0 fully saturated rings. The van der Waals surface area contributed by atoms with Gasteiger partial charge in [-0.1, -0.05) is 119 Å². The van der Waals surface area contributed by atoms with Gasteiger partial charge in [-0.05, 0) is 35.1 Å². The molecule has 0 saturated carbocycles. The van der Waals surface area contributed by atoms with Crippen molar-refractivity contribution in [1.82, 2.24) is 4.98 Å². The van der Waals surface area contributed by atoms with Gasteiger partial charge in [0.2, 0.25) is 0 Å². The Morgan fingerprint density at radius 1 is 0.604 bits per heavy atom. The predicted molar refractivity (Wildman–Crippen MR) is 217 cm³/mol. The van der Waals surface area contributed by atoms with Crippen molar-refractivity contribution in [3.8, 4) is 22.8 Å². The van der Waals surface area contributed by atoms with Gasteiger partial charge in [0.05, 0.1) is 0 Å². The van der Waals surface area contributed by atoms with Crippen molar-refractivity contribution >= 4 is 77.4 Å². The minimum atomic E-state index is -2.93. The first-order chi connectivity index (χ1) is 25.8. The van der Waals surface area contributed by atoms with Gasteiger partial charge < -0.3 is 14.6 Å². The van der Waals surface area contributed by atoms with Crippen LogP contribution in [0.3, 0.4) is 0 Å². The molecule has 0 amide bonds. The van der Waals surface area contributed by atoms with Gasteiger partial charge in [0.25, 0.3) is 0 Å². The molecular formula is C47H29N2OPdSSi-3. The molecule has 0 saturated heterocycles. The van der Waals surface area contributed by atoms with Crippen LogP contribution in [0, 0.1) is 18.2 Å². The van der Waals surface area contributed by atoms with Crippen molar-refractivity contribution < 1.29 is 25.2 Å². The fourth-order valence-corrected chi connectivity index (χ4v) is 14.4. The van der Waals surface area contributed by atoms with Crippen LogP contribution >= 0.6 is 11.3 Å². The molecule has 7 aromatic carbocycles. The van der Waals surface area contributed by atoms with E-state index in [1.54, 1.807) is 6.20 Å². The minimum Gasteiger partial charge on any atom is -0.503 e. The molecule has 3 heterocycles. The third kappa shape index (κ3) is 5.46. The van der Waals surface area contributed by atoms with Gasteiger partial charge in [-0.3, -0.25) is 0 Å². The second-order valence-electron chi connectivity index (χ2n) is 12.8. The number of thiophene rings is 1. The van der Waals surface area contributed by atoms with Gasteiger partial charge in [-0.25, -0.2) is 0 Å². The Hall–Kier alpha value is -5.61. The first-order valence-electron chi connectivity index (χ1n) is 17.3. The molecule has 0 bridgehead atoms. The Morgan fingerprint density at radius 2 is 1.32 bits per heavy atom. The number of anilines is 3. The predicted octanol–water partition coefficient (Wildman–Crippen LogP) is 9.47. The summed E-state index contributed by atoms with van der Waals surface area (Å²) in [4.78, 5) is 6.85. The number of hydrogen-bond donors (Lipinski definition) is 0. The zero-order valence-corrected chi connectivity index (χ0v) is 31.6. The Bertz CT molecular complexity index is 2700. The second kappa shape index (κ2) is 13.7. The zero-order valence-electron chi connectivity index (χ0n) is 28.3. The average Bonchev–Trinajstić information content (AvgIpc) is 3.60. The van der Waals surface area contributed by atoms with E-state index in [2.05, 4.69) is 143 Å². The maximum Gasteiger partial charge on any atom is 0.128 e. The molecule has 1 aliphatic rings. The third-order valence-electron chi connectivity index (χ3n) is 9.94. The first-order valence-corrected chi connectivity index (χ1v) is 20.1. The van der Waals surface area contributed by atoms with E-state index in [0.29, 0.717) is 11.5 Å². The molecular weight excluding hydrogens is 775 g/mol. The molecule has 0 N–H and O–H groups in total. The quantitative estimate of drug-likeness (QED) is 0.124. The molecule has 256 valence electrons. The van der Waals surface area contributed by atoms with E-state index in [4.69, 9.17) is 4.74 Å². The molecule has 3 nitrogen and oxygen atoms in total. The molecule has 0 radical (unpaired) electrons. The Morgan fingerprint density at radius 3 is 2.09 bits per heavy atom. The summed E-state index contributed by atoms with van der Waals surface area (Å²) in [7, 11) is -2.93. The van der Waals surface area contributed by atoms with E-state index in [1.165, 1.54) is 40.9 Å². The number of hydrogen-bond acceptors (Lipinski definition) is 4. The van der Waals surface area contributed by atoms with Crippen LogP contribution < -0.4 is 30.4 Å². The number of nitrogens with zero attached hydrogens (tertiary/aromatic N) is 2. The molecule has 1 aliphatic heterocycles. The van der Waals surface area contributed by atoms with Crippen LogP contribution in [0.4, 0.5) is 17.1 Å². The zero-order chi connectivity index (χ0) is 34.5. The van der Waals surface area contributed by atoms with Crippen molar-refractivity contribution in [2.75, 3.05) is 4.90 Å². The van der Waals surface area contributed by atoms with E-state index >= 15 is 0 Å². The summed E-state index contributed by atoms with van der Waals surface area (Å²) in [6, 6.07) is 70.9. The van der Waals surface area contributed by atoms with Gasteiger partial charge >= 0.3 is 0 Å². The normalized spacial score (nSPS) is 12.9. The molecule has 10 rings (SSSR count). The van der Waals surface area contributed by atoms with Gasteiger partial charge in [-0.2, -0.15) is 30.3 Å². The van der Waals surface area contributed by atoms with Crippen LogP contribution in [-0.2, 0) is 20.4 Å². The summed E-state index contributed by atoms with van der Waals surface area (Å²) in [6.07, 6.45) is 1.79. The van der Waals surface area contributed by atoms with Crippen LogP contribution in [0.1, 0.15) is 0 Å². The molecule has 0 unspecified atom stereocenters. The SMILES string of the molecule is [Pd].[c-]1c(Oc2[c-]c(N3c4[c-]cccc4[Si](c4ccccc4)(c4ccccc4)c4c3ccc3sc5ccccc5c43)ccc2)cccc1-c1ccccn1. The summed E-state index contributed by atoms with van der Waals surface area (Å²) in [5.41, 5.74) is 4.77. The summed E-state index contributed by atoms with van der Waals surface area (Å²) in [5, 5.41) is 7.97.